The molecule has 1 aliphatic heterocycles. The van der Waals surface area contributed by atoms with Crippen molar-refractivity contribution < 1.29 is 4.79 Å². The van der Waals surface area contributed by atoms with Gasteiger partial charge in [0, 0.05) is 10.9 Å². The molecule has 1 amide bonds. The van der Waals surface area contributed by atoms with Crippen LogP contribution in [0, 0.1) is 11.3 Å². The predicted molar refractivity (Wildman–Crippen MR) is 73.0 cm³/mol. The van der Waals surface area contributed by atoms with Gasteiger partial charge in [-0.05, 0) is 24.5 Å². The fourth-order valence-electron chi connectivity index (χ4n) is 2.69. The van der Waals surface area contributed by atoms with Gasteiger partial charge in [-0.2, -0.15) is 5.26 Å². The van der Waals surface area contributed by atoms with Crippen molar-refractivity contribution >= 4 is 23.3 Å². The Balaban J connectivity index is 2.70. The molecule has 3 heteroatoms. The molecule has 0 spiro atoms. The number of rotatable bonds is 0. The van der Waals surface area contributed by atoms with E-state index in [1.165, 1.54) is 0 Å². The smallest absolute Gasteiger partial charge is 0.256 e. The fraction of sp³-hybridized carbons (Fsp3) is 0.188. The molecule has 3 rings (SSSR count). The number of nitriles is 1. The zero-order valence-electron chi connectivity index (χ0n) is 10.8. The molecule has 1 aliphatic rings. The molecule has 0 radical (unpaired) electrons. The SMILES string of the molecule is C=c1c(C#N)c2c(c3ccccc13)=NC(=O)C2(C)C. The van der Waals surface area contributed by atoms with E-state index in [0.29, 0.717) is 21.7 Å². The Kier molecular flexibility index (Phi) is 2.15. The highest BCUT2D eigenvalue weighted by atomic mass is 16.1. The van der Waals surface area contributed by atoms with E-state index in [0.717, 1.165) is 10.8 Å². The first-order valence-corrected chi connectivity index (χ1v) is 6.06. The molecule has 0 aromatic heterocycles. The fourth-order valence-corrected chi connectivity index (χ4v) is 2.69. The first kappa shape index (κ1) is 11.6. The Labute approximate surface area is 110 Å². The van der Waals surface area contributed by atoms with Crippen LogP contribution in [0.1, 0.15) is 25.0 Å². The lowest BCUT2D eigenvalue weighted by Gasteiger charge is -2.17. The van der Waals surface area contributed by atoms with E-state index in [9.17, 15) is 10.1 Å². The van der Waals surface area contributed by atoms with Crippen LogP contribution in [0.4, 0.5) is 0 Å². The summed E-state index contributed by atoms with van der Waals surface area (Å²) in [6.45, 7) is 7.62. The molecule has 0 saturated carbocycles. The summed E-state index contributed by atoms with van der Waals surface area (Å²) < 4.78 is 0. The quantitative estimate of drug-likeness (QED) is 0.710. The lowest BCUT2D eigenvalue weighted by molar-refractivity contribution is -0.121. The molecule has 0 atom stereocenters. The number of amides is 1. The molecule has 0 unspecified atom stereocenters. The van der Waals surface area contributed by atoms with Crippen molar-refractivity contribution in [1.29, 1.82) is 5.26 Å². The van der Waals surface area contributed by atoms with Gasteiger partial charge in [0.05, 0.1) is 16.3 Å². The second-order valence-corrected chi connectivity index (χ2v) is 5.28. The number of carbonyl (C=O) groups is 1. The van der Waals surface area contributed by atoms with Crippen LogP contribution < -0.4 is 10.6 Å². The predicted octanol–water partition coefficient (Wildman–Crippen LogP) is 1.56. The van der Waals surface area contributed by atoms with E-state index < -0.39 is 5.41 Å². The first-order chi connectivity index (χ1) is 8.98. The maximum atomic E-state index is 12.1. The lowest BCUT2D eigenvalue weighted by atomic mass is 9.81. The molecular formula is C16H12N2O. The van der Waals surface area contributed by atoms with Crippen molar-refractivity contribution in [2.75, 3.05) is 0 Å². The van der Waals surface area contributed by atoms with Crippen molar-refractivity contribution in [3.05, 3.63) is 46.0 Å². The average Bonchev–Trinajstić information content (AvgIpc) is 2.63. The summed E-state index contributed by atoms with van der Waals surface area (Å²) in [6, 6.07) is 9.81. The summed E-state index contributed by atoms with van der Waals surface area (Å²) in [4.78, 5) is 16.2. The summed E-state index contributed by atoms with van der Waals surface area (Å²) >= 11 is 0. The van der Waals surface area contributed by atoms with E-state index in [1.807, 2.05) is 24.3 Å². The molecule has 0 fully saturated rings. The van der Waals surface area contributed by atoms with E-state index in [-0.39, 0.29) is 5.91 Å². The molecule has 0 saturated heterocycles. The highest BCUT2D eigenvalue weighted by molar-refractivity contribution is 5.96. The zero-order valence-corrected chi connectivity index (χ0v) is 10.8. The molecule has 1 heterocycles. The molecule has 0 N–H and O–H groups in total. The van der Waals surface area contributed by atoms with Gasteiger partial charge < -0.3 is 0 Å². The maximum absolute atomic E-state index is 12.1. The minimum atomic E-state index is -0.753. The third-order valence-electron chi connectivity index (χ3n) is 3.78. The van der Waals surface area contributed by atoms with Gasteiger partial charge >= 0.3 is 0 Å². The van der Waals surface area contributed by atoms with E-state index >= 15 is 0 Å². The lowest BCUT2D eigenvalue weighted by Crippen LogP contribution is -2.30. The van der Waals surface area contributed by atoms with E-state index in [1.54, 1.807) is 13.8 Å². The van der Waals surface area contributed by atoms with Crippen molar-refractivity contribution in [3.63, 3.8) is 0 Å². The van der Waals surface area contributed by atoms with Crippen LogP contribution in [0.5, 0.6) is 0 Å². The molecule has 2 aromatic rings. The standard InChI is InChI=1S/C16H12N2O/c1-9-10-6-4-5-7-11(10)14-13(12(9)8-17)16(2,3)15(19)18-14/h4-7H,1H2,2-3H3. The van der Waals surface area contributed by atoms with Crippen molar-refractivity contribution in [1.82, 2.24) is 0 Å². The summed E-state index contributed by atoms with van der Waals surface area (Å²) in [5, 5.41) is 12.5. The second kappa shape index (κ2) is 3.52. The largest absolute Gasteiger partial charge is 0.272 e. The van der Waals surface area contributed by atoms with Crippen LogP contribution in [0.25, 0.3) is 17.4 Å². The number of fused-ring (bicyclic) bond motifs is 3. The minimum absolute atomic E-state index is 0.199. The number of hydrogen-bond acceptors (Lipinski definition) is 2. The van der Waals surface area contributed by atoms with Crippen LogP contribution in [-0.2, 0) is 10.2 Å². The highest BCUT2D eigenvalue weighted by Crippen LogP contribution is 2.29. The molecule has 19 heavy (non-hydrogen) atoms. The Morgan fingerprint density at radius 1 is 1.26 bits per heavy atom. The third kappa shape index (κ3) is 1.31. The van der Waals surface area contributed by atoms with Crippen molar-refractivity contribution in [2.24, 2.45) is 4.99 Å². The Hall–Kier alpha value is -2.47. The normalized spacial score (nSPS) is 15.9. The minimum Gasteiger partial charge on any atom is -0.272 e. The summed E-state index contributed by atoms with van der Waals surface area (Å²) in [6.07, 6.45) is 0. The molecule has 0 aliphatic carbocycles. The van der Waals surface area contributed by atoms with Gasteiger partial charge in [0.15, 0.2) is 0 Å². The maximum Gasteiger partial charge on any atom is 0.256 e. The second-order valence-electron chi connectivity index (χ2n) is 5.28. The number of hydrogen-bond donors (Lipinski definition) is 0. The third-order valence-corrected chi connectivity index (χ3v) is 3.78. The Bertz CT molecular complexity index is 886. The van der Waals surface area contributed by atoms with Crippen LogP contribution in [0.2, 0.25) is 0 Å². The first-order valence-electron chi connectivity index (χ1n) is 6.06. The van der Waals surface area contributed by atoms with Gasteiger partial charge in [-0.25, -0.2) is 4.99 Å². The summed E-state index contributed by atoms with van der Waals surface area (Å²) in [5.74, 6) is -0.199. The molecule has 2 aromatic carbocycles. The Morgan fingerprint density at radius 2 is 1.89 bits per heavy atom. The number of benzene rings is 2. The summed E-state index contributed by atoms with van der Waals surface area (Å²) in [7, 11) is 0. The molecule has 92 valence electrons. The topological polar surface area (TPSA) is 53.2 Å². The summed E-state index contributed by atoms with van der Waals surface area (Å²) in [5.41, 5.74) is 0.439. The number of carbonyl (C=O) groups excluding carboxylic acids is 1. The monoisotopic (exact) mass is 248 g/mol. The average molecular weight is 248 g/mol. The molecular weight excluding hydrogens is 236 g/mol. The number of nitrogens with zero attached hydrogens (tertiary/aromatic N) is 2. The van der Waals surface area contributed by atoms with Crippen LogP contribution >= 0.6 is 0 Å². The van der Waals surface area contributed by atoms with Crippen molar-refractivity contribution in [3.8, 4) is 6.07 Å². The van der Waals surface area contributed by atoms with Gasteiger partial charge in [-0.15, -0.1) is 0 Å². The molecule has 0 bridgehead atoms. The van der Waals surface area contributed by atoms with Gasteiger partial charge in [0.25, 0.3) is 5.91 Å². The van der Waals surface area contributed by atoms with Crippen LogP contribution in [0.15, 0.2) is 29.3 Å². The van der Waals surface area contributed by atoms with Gasteiger partial charge in [-0.3, -0.25) is 4.79 Å². The highest BCUT2D eigenvalue weighted by Gasteiger charge is 2.38. The van der Waals surface area contributed by atoms with Gasteiger partial charge in [0.1, 0.15) is 6.07 Å². The van der Waals surface area contributed by atoms with Crippen LogP contribution in [-0.4, -0.2) is 5.91 Å². The Morgan fingerprint density at radius 3 is 2.53 bits per heavy atom. The molecule has 3 nitrogen and oxygen atoms in total. The van der Waals surface area contributed by atoms with Crippen molar-refractivity contribution in [2.45, 2.75) is 19.3 Å². The van der Waals surface area contributed by atoms with E-state index in [4.69, 9.17) is 0 Å². The van der Waals surface area contributed by atoms with Gasteiger partial charge in [0.2, 0.25) is 0 Å². The van der Waals surface area contributed by atoms with Crippen LogP contribution in [0.3, 0.4) is 0 Å². The van der Waals surface area contributed by atoms with E-state index in [2.05, 4.69) is 17.6 Å². The van der Waals surface area contributed by atoms with Gasteiger partial charge in [-0.1, -0.05) is 30.8 Å². The zero-order chi connectivity index (χ0) is 13.8.